The maximum atomic E-state index is 13.2. The molecular weight excluding hydrogens is 420 g/mol. The van der Waals surface area contributed by atoms with E-state index in [2.05, 4.69) is 20.3 Å². The SMILES string of the molecule is CCOc1ccc(-c2cnc(OC)nc2)cc1C(=O)NC(CO)Cc1c[nH]c2ccccc12. The number of aromatic amines is 1. The van der Waals surface area contributed by atoms with E-state index in [9.17, 15) is 9.90 Å². The second kappa shape index (κ2) is 10.1. The molecule has 1 unspecified atom stereocenters. The molecule has 0 saturated heterocycles. The van der Waals surface area contributed by atoms with Crippen LogP contribution in [0.1, 0.15) is 22.8 Å². The first-order valence-corrected chi connectivity index (χ1v) is 10.7. The molecule has 4 rings (SSSR count). The molecule has 1 atom stereocenters. The Bertz CT molecular complexity index is 1240. The van der Waals surface area contributed by atoms with Crippen LogP contribution in [0.4, 0.5) is 0 Å². The Morgan fingerprint density at radius 2 is 1.94 bits per heavy atom. The monoisotopic (exact) mass is 446 g/mol. The molecule has 2 aromatic heterocycles. The lowest BCUT2D eigenvalue weighted by molar-refractivity contribution is 0.0913. The molecule has 8 nitrogen and oxygen atoms in total. The zero-order valence-electron chi connectivity index (χ0n) is 18.5. The minimum Gasteiger partial charge on any atom is -0.493 e. The van der Waals surface area contributed by atoms with Crippen molar-refractivity contribution in [3.05, 3.63) is 72.2 Å². The lowest BCUT2D eigenvalue weighted by atomic mass is 10.0. The number of amides is 1. The lowest BCUT2D eigenvalue weighted by Crippen LogP contribution is -2.39. The highest BCUT2D eigenvalue weighted by Crippen LogP contribution is 2.27. The zero-order valence-corrected chi connectivity index (χ0v) is 18.5. The molecule has 2 heterocycles. The summed E-state index contributed by atoms with van der Waals surface area (Å²) in [6.07, 6.45) is 5.67. The fourth-order valence-corrected chi connectivity index (χ4v) is 3.73. The molecule has 0 saturated carbocycles. The molecule has 0 aliphatic rings. The average Bonchev–Trinajstić information content (AvgIpc) is 3.26. The molecule has 0 bridgehead atoms. The highest BCUT2D eigenvalue weighted by atomic mass is 16.5. The standard InChI is InChI=1S/C25H26N4O4/c1-3-33-23-9-8-16(18-13-27-25(32-2)28-14-18)11-21(23)24(31)29-19(15-30)10-17-12-26-22-7-5-4-6-20(17)22/h4-9,11-14,19,26,30H,3,10,15H2,1-2H3,(H,29,31). The normalized spacial score (nSPS) is 11.8. The number of aromatic nitrogens is 3. The molecule has 1 amide bonds. The number of benzene rings is 2. The van der Waals surface area contributed by atoms with Crippen LogP contribution in [0.3, 0.4) is 0 Å². The van der Waals surface area contributed by atoms with Gasteiger partial charge in [0.15, 0.2) is 0 Å². The number of H-pyrrole nitrogens is 1. The molecule has 8 heteroatoms. The van der Waals surface area contributed by atoms with Gasteiger partial charge in [0.2, 0.25) is 0 Å². The van der Waals surface area contributed by atoms with E-state index >= 15 is 0 Å². The summed E-state index contributed by atoms with van der Waals surface area (Å²) in [5.41, 5.74) is 3.93. The van der Waals surface area contributed by atoms with Crippen LogP contribution in [0.25, 0.3) is 22.0 Å². The van der Waals surface area contributed by atoms with Gasteiger partial charge < -0.3 is 24.9 Å². The maximum Gasteiger partial charge on any atom is 0.316 e. The fourth-order valence-electron chi connectivity index (χ4n) is 3.73. The number of fused-ring (bicyclic) bond motifs is 1. The largest absolute Gasteiger partial charge is 0.493 e. The number of aliphatic hydroxyl groups excluding tert-OH is 1. The Kier molecular flexibility index (Phi) is 6.85. The minimum absolute atomic E-state index is 0.193. The lowest BCUT2D eigenvalue weighted by Gasteiger charge is -2.18. The van der Waals surface area contributed by atoms with E-state index in [4.69, 9.17) is 9.47 Å². The van der Waals surface area contributed by atoms with Gasteiger partial charge in [0.25, 0.3) is 5.91 Å². The van der Waals surface area contributed by atoms with Gasteiger partial charge in [0, 0.05) is 35.1 Å². The summed E-state index contributed by atoms with van der Waals surface area (Å²) in [6.45, 7) is 2.09. The molecule has 4 aromatic rings. The predicted octanol–water partition coefficient (Wildman–Crippen LogP) is 3.37. The summed E-state index contributed by atoms with van der Waals surface area (Å²) < 4.78 is 10.7. The third-order valence-corrected chi connectivity index (χ3v) is 5.36. The van der Waals surface area contributed by atoms with Crippen molar-refractivity contribution >= 4 is 16.8 Å². The number of ether oxygens (including phenoxy) is 2. The summed E-state index contributed by atoms with van der Waals surface area (Å²) in [4.78, 5) is 24.7. The quantitative estimate of drug-likeness (QED) is 0.364. The van der Waals surface area contributed by atoms with Crippen LogP contribution < -0.4 is 14.8 Å². The third kappa shape index (κ3) is 4.96. The smallest absolute Gasteiger partial charge is 0.316 e. The van der Waals surface area contributed by atoms with Gasteiger partial charge in [-0.3, -0.25) is 4.79 Å². The van der Waals surface area contributed by atoms with Gasteiger partial charge in [0.1, 0.15) is 5.75 Å². The van der Waals surface area contributed by atoms with E-state index in [-0.39, 0.29) is 18.5 Å². The van der Waals surface area contributed by atoms with Crippen molar-refractivity contribution in [1.29, 1.82) is 0 Å². The summed E-state index contributed by atoms with van der Waals surface area (Å²) in [6, 6.07) is 13.1. The van der Waals surface area contributed by atoms with E-state index in [0.717, 1.165) is 27.6 Å². The Hall–Kier alpha value is -3.91. The van der Waals surface area contributed by atoms with Gasteiger partial charge in [-0.2, -0.15) is 0 Å². The van der Waals surface area contributed by atoms with Crippen molar-refractivity contribution < 1.29 is 19.4 Å². The number of rotatable bonds is 9. The number of nitrogens with one attached hydrogen (secondary N) is 2. The van der Waals surface area contributed by atoms with Gasteiger partial charge >= 0.3 is 6.01 Å². The molecule has 0 fully saturated rings. The third-order valence-electron chi connectivity index (χ3n) is 5.36. The van der Waals surface area contributed by atoms with E-state index in [0.29, 0.717) is 24.3 Å². The zero-order chi connectivity index (χ0) is 23.2. The molecule has 0 aliphatic carbocycles. The Labute approximate surface area is 191 Å². The number of para-hydroxylation sites is 1. The topological polar surface area (TPSA) is 109 Å². The molecule has 0 radical (unpaired) electrons. The number of hydrogen-bond acceptors (Lipinski definition) is 6. The number of methoxy groups -OCH3 is 1. The first kappa shape index (κ1) is 22.3. The summed E-state index contributed by atoms with van der Waals surface area (Å²) >= 11 is 0. The number of carbonyl (C=O) groups is 1. The molecule has 2 aromatic carbocycles. The number of hydrogen-bond donors (Lipinski definition) is 3. The van der Waals surface area contributed by atoms with Crippen molar-refractivity contribution in [3.8, 4) is 22.9 Å². The van der Waals surface area contributed by atoms with E-state index < -0.39 is 6.04 Å². The van der Waals surface area contributed by atoms with Crippen LogP contribution in [0.2, 0.25) is 0 Å². The van der Waals surface area contributed by atoms with E-state index in [1.54, 1.807) is 24.5 Å². The van der Waals surface area contributed by atoms with Crippen molar-refractivity contribution in [2.75, 3.05) is 20.3 Å². The highest BCUT2D eigenvalue weighted by Gasteiger charge is 2.19. The number of nitrogens with zero attached hydrogens (tertiary/aromatic N) is 2. The average molecular weight is 447 g/mol. The Morgan fingerprint density at radius 3 is 2.67 bits per heavy atom. The van der Waals surface area contributed by atoms with E-state index in [1.807, 2.05) is 43.5 Å². The molecule has 0 spiro atoms. The van der Waals surface area contributed by atoms with Crippen molar-refractivity contribution in [3.63, 3.8) is 0 Å². The Morgan fingerprint density at radius 1 is 1.15 bits per heavy atom. The van der Waals surface area contributed by atoms with Gasteiger partial charge in [-0.25, -0.2) is 9.97 Å². The van der Waals surface area contributed by atoms with Crippen LogP contribution >= 0.6 is 0 Å². The summed E-state index contributed by atoms with van der Waals surface area (Å²) in [7, 11) is 1.50. The van der Waals surface area contributed by atoms with Gasteiger partial charge in [0.05, 0.1) is 31.9 Å². The van der Waals surface area contributed by atoms with Crippen LogP contribution in [0.5, 0.6) is 11.8 Å². The summed E-state index contributed by atoms with van der Waals surface area (Å²) in [5, 5.41) is 14.0. The van der Waals surface area contributed by atoms with Gasteiger partial charge in [-0.1, -0.05) is 24.3 Å². The second-order valence-electron chi connectivity index (χ2n) is 7.52. The maximum absolute atomic E-state index is 13.2. The van der Waals surface area contributed by atoms with Crippen LogP contribution in [-0.4, -0.2) is 52.3 Å². The summed E-state index contributed by atoms with van der Waals surface area (Å²) in [5.74, 6) is 0.144. The molecular formula is C25H26N4O4. The minimum atomic E-state index is -0.459. The molecule has 0 aliphatic heterocycles. The van der Waals surface area contributed by atoms with Gasteiger partial charge in [-0.05, 0) is 42.7 Å². The highest BCUT2D eigenvalue weighted by molar-refractivity contribution is 5.98. The van der Waals surface area contributed by atoms with Crippen LogP contribution in [-0.2, 0) is 6.42 Å². The van der Waals surface area contributed by atoms with Crippen LogP contribution in [0.15, 0.2) is 61.1 Å². The fraction of sp³-hybridized carbons (Fsp3) is 0.240. The first-order valence-electron chi connectivity index (χ1n) is 10.7. The Balaban J connectivity index is 1.58. The first-order chi connectivity index (χ1) is 16.1. The van der Waals surface area contributed by atoms with Crippen LogP contribution in [0, 0.1) is 0 Å². The predicted molar refractivity (Wildman–Crippen MR) is 126 cm³/mol. The number of carbonyl (C=O) groups excluding carboxylic acids is 1. The van der Waals surface area contributed by atoms with E-state index in [1.165, 1.54) is 7.11 Å². The van der Waals surface area contributed by atoms with Crippen molar-refractivity contribution in [2.24, 2.45) is 0 Å². The van der Waals surface area contributed by atoms with Crippen molar-refractivity contribution in [2.45, 2.75) is 19.4 Å². The number of aliphatic hydroxyl groups is 1. The van der Waals surface area contributed by atoms with Crippen molar-refractivity contribution in [1.82, 2.24) is 20.3 Å². The molecule has 170 valence electrons. The molecule has 33 heavy (non-hydrogen) atoms. The molecule has 3 N–H and O–H groups in total. The van der Waals surface area contributed by atoms with Gasteiger partial charge in [-0.15, -0.1) is 0 Å². The second-order valence-corrected chi connectivity index (χ2v) is 7.52.